The fourth-order valence-corrected chi connectivity index (χ4v) is 3.74. The number of carbonyl (C=O) groups excluding carboxylic acids is 2. The van der Waals surface area contributed by atoms with Gasteiger partial charge in [0.1, 0.15) is 5.75 Å². The highest BCUT2D eigenvalue weighted by molar-refractivity contribution is 6.22. The van der Waals surface area contributed by atoms with E-state index in [1.807, 2.05) is 71.9 Å². The van der Waals surface area contributed by atoms with Gasteiger partial charge in [0.2, 0.25) is 11.8 Å². The number of carbonyl (C=O) groups is 2. The molecular weight excluding hydrogens is 350 g/mol. The van der Waals surface area contributed by atoms with E-state index in [1.165, 1.54) is 4.90 Å². The minimum atomic E-state index is -0.532. The van der Waals surface area contributed by atoms with Crippen molar-refractivity contribution in [2.24, 2.45) is 0 Å². The molecule has 0 saturated carbocycles. The van der Waals surface area contributed by atoms with Crippen LogP contribution in [0.2, 0.25) is 0 Å². The van der Waals surface area contributed by atoms with Crippen LogP contribution in [-0.4, -0.2) is 16.9 Å². The highest BCUT2D eigenvalue weighted by Crippen LogP contribution is 2.43. The van der Waals surface area contributed by atoms with Crippen LogP contribution in [0.5, 0.6) is 5.75 Å². The first-order valence-corrected chi connectivity index (χ1v) is 9.71. The minimum Gasteiger partial charge on any atom is -0.507 e. The monoisotopic (exact) mass is 379 g/mol. The lowest BCUT2D eigenvalue weighted by atomic mass is 9.77. The molecular formula is C24H29NO3. The highest BCUT2D eigenvalue weighted by atomic mass is 16.3. The molecule has 28 heavy (non-hydrogen) atoms. The third kappa shape index (κ3) is 3.56. The van der Waals surface area contributed by atoms with Gasteiger partial charge in [-0.2, -0.15) is 0 Å². The maximum Gasteiger partial charge on any atom is 0.241 e. The standard InChI is InChI=1S/C24H29NO3/c1-23(2,3)18-12-15(13-19(21(18)27)24(4,5)6)17-14-20(26)25(22(17)28)16-10-8-7-9-11-16/h7-13,17,27H,14H2,1-6H3. The second kappa shape index (κ2) is 6.77. The van der Waals surface area contributed by atoms with Crippen molar-refractivity contribution in [3.8, 4) is 5.75 Å². The van der Waals surface area contributed by atoms with Crippen LogP contribution in [0.25, 0.3) is 0 Å². The number of hydrogen-bond acceptors (Lipinski definition) is 3. The lowest BCUT2D eigenvalue weighted by Gasteiger charge is -2.29. The van der Waals surface area contributed by atoms with Gasteiger partial charge in [-0.25, -0.2) is 0 Å². The quantitative estimate of drug-likeness (QED) is 0.744. The summed E-state index contributed by atoms with van der Waals surface area (Å²) in [5.41, 5.74) is 2.42. The lowest BCUT2D eigenvalue weighted by Crippen LogP contribution is -2.30. The minimum absolute atomic E-state index is 0.145. The average molecular weight is 380 g/mol. The predicted octanol–water partition coefficient (Wildman–Crippen LogP) is 5.03. The van der Waals surface area contributed by atoms with E-state index >= 15 is 0 Å². The van der Waals surface area contributed by atoms with Crippen LogP contribution in [-0.2, 0) is 20.4 Å². The van der Waals surface area contributed by atoms with E-state index in [0.717, 1.165) is 16.7 Å². The van der Waals surface area contributed by atoms with Crippen molar-refractivity contribution in [2.75, 3.05) is 4.90 Å². The van der Waals surface area contributed by atoms with Crippen LogP contribution in [0.1, 0.15) is 70.6 Å². The third-order valence-electron chi connectivity index (χ3n) is 5.31. The van der Waals surface area contributed by atoms with E-state index in [9.17, 15) is 14.7 Å². The fourth-order valence-electron chi connectivity index (χ4n) is 3.74. The number of phenols is 1. The predicted molar refractivity (Wildman–Crippen MR) is 112 cm³/mol. The number of aromatic hydroxyl groups is 1. The van der Waals surface area contributed by atoms with E-state index in [0.29, 0.717) is 5.69 Å². The van der Waals surface area contributed by atoms with Crippen molar-refractivity contribution >= 4 is 17.5 Å². The second-order valence-electron chi connectivity index (χ2n) is 9.62. The molecule has 0 bridgehead atoms. The molecule has 1 heterocycles. The Bertz CT molecular complexity index is 882. The molecule has 0 aliphatic carbocycles. The average Bonchev–Trinajstić information content (AvgIpc) is 2.88. The first-order chi connectivity index (χ1) is 12.9. The highest BCUT2D eigenvalue weighted by Gasteiger charge is 2.41. The Morgan fingerprint density at radius 1 is 0.893 bits per heavy atom. The number of phenolic OH excluding ortho intramolecular Hbond substituents is 1. The molecule has 1 atom stereocenters. The zero-order valence-electron chi connectivity index (χ0n) is 17.5. The van der Waals surface area contributed by atoms with Crippen LogP contribution in [0.4, 0.5) is 5.69 Å². The molecule has 0 radical (unpaired) electrons. The van der Waals surface area contributed by atoms with Crippen LogP contribution < -0.4 is 4.90 Å². The molecule has 0 aromatic heterocycles. The summed E-state index contributed by atoms with van der Waals surface area (Å²) in [4.78, 5) is 27.1. The summed E-state index contributed by atoms with van der Waals surface area (Å²) < 4.78 is 0. The summed E-state index contributed by atoms with van der Waals surface area (Å²) in [6, 6.07) is 12.8. The topological polar surface area (TPSA) is 57.6 Å². The van der Waals surface area contributed by atoms with Gasteiger partial charge in [-0.15, -0.1) is 0 Å². The summed E-state index contributed by atoms with van der Waals surface area (Å²) in [6.45, 7) is 12.2. The van der Waals surface area contributed by atoms with Gasteiger partial charge < -0.3 is 5.11 Å². The molecule has 3 rings (SSSR count). The molecule has 2 aromatic carbocycles. The van der Waals surface area contributed by atoms with Crippen molar-refractivity contribution in [1.29, 1.82) is 0 Å². The summed E-state index contributed by atoms with van der Waals surface area (Å²) in [5.74, 6) is -0.651. The molecule has 1 saturated heterocycles. The summed E-state index contributed by atoms with van der Waals surface area (Å²) in [5, 5.41) is 10.9. The van der Waals surface area contributed by atoms with Gasteiger partial charge in [-0.1, -0.05) is 71.9 Å². The molecule has 2 aromatic rings. The Hall–Kier alpha value is -2.62. The van der Waals surface area contributed by atoms with Crippen molar-refractivity contribution in [3.63, 3.8) is 0 Å². The Morgan fingerprint density at radius 3 is 1.86 bits per heavy atom. The molecule has 1 unspecified atom stereocenters. The molecule has 4 heteroatoms. The molecule has 0 spiro atoms. The smallest absolute Gasteiger partial charge is 0.241 e. The normalized spacial score (nSPS) is 18.1. The number of amides is 2. The zero-order valence-corrected chi connectivity index (χ0v) is 17.5. The maximum atomic E-state index is 13.2. The van der Waals surface area contributed by atoms with Crippen molar-refractivity contribution in [2.45, 2.75) is 64.7 Å². The van der Waals surface area contributed by atoms with Crippen LogP contribution in [0.15, 0.2) is 42.5 Å². The fraction of sp³-hybridized carbons (Fsp3) is 0.417. The Morgan fingerprint density at radius 2 is 1.39 bits per heavy atom. The Labute approximate surface area is 167 Å². The summed E-state index contributed by atoms with van der Waals surface area (Å²) >= 11 is 0. The van der Waals surface area contributed by atoms with Gasteiger partial charge in [0.25, 0.3) is 0 Å². The molecule has 1 aliphatic rings. The molecule has 148 valence electrons. The number of rotatable bonds is 2. The van der Waals surface area contributed by atoms with Crippen molar-refractivity contribution in [1.82, 2.24) is 0 Å². The molecule has 1 fully saturated rings. The number of benzene rings is 2. The Kier molecular flexibility index (Phi) is 4.86. The lowest BCUT2D eigenvalue weighted by molar-refractivity contribution is -0.121. The first kappa shape index (κ1) is 20.1. The number of hydrogen-bond donors (Lipinski definition) is 1. The molecule has 1 N–H and O–H groups in total. The van der Waals surface area contributed by atoms with Gasteiger partial charge in [0.05, 0.1) is 11.6 Å². The number of nitrogens with zero attached hydrogens (tertiary/aromatic N) is 1. The van der Waals surface area contributed by atoms with Crippen LogP contribution in [0, 0.1) is 0 Å². The zero-order chi connectivity index (χ0) is 20.9. The molecule has 2 amide bonds. The first-order valence-electron chi connectivity index (χ1n) is 9.71. The van der Waals surface area contributed by atoms with Crippen LogP contribution >= 0.6 is 0 Å². The van der Waals surface area contributed by atoms with E-state index in [1.54, 1.807) is 12.1 Å². The van der Waals surface area contributed by atoms with Gasteiger partial charge in [-0.05, 0) is 39.7 Å². The van der Waals surface area contributed by atoms with Gasteiger partial charge in [0, 0.05) is 6.42 Å². The number of imide groups is 1. The maximum absolute atomic E-state index is 13.2. The molecule has 1 aliphatic heterocycles. The second-order valence-corrected chi connectivity index (χ2v) is 9.62. The number of para-hydroxylation sites is 1. The van der Waals surface area contributed by atoms with Gasteiger partial charge >= 0.3 is 0 Å². The summed E-state index contributed by atoms with van der Waals surface area (Å²) in [7, 11) is 0. The van der Waals surface area contributed by atoms with Crippen molar-refractivity contribution < 1.29 is 14.7 Å². The largest absolute Gasteiger partial charge is 0.507 e. The third-order valence-corrected chi connectivity index (χ3v) is 5.31. The van der Waals surface area contributed by atoms with Gasteiger partial charge in [0.15, 0.2) is 0 Å². The van der Waals surface area contributed by atoms with Gasteiger partial charge in [-0.3, -0.25) is 14.5 Å². The molecule has 4 nitrogen and oxygen atoms in total. The Balaban J connectivity index is 2.11. The SMILES string of the molecule is CC(C)(C)c1cc(C2CC(=O)N(c3ccccc3)C2=O)cc(C(C)(C)C)c1O. The number of anilines is 1. The van der Waals surface area contributed by atoms with E-state index < -0.39 is 5.92 Å². The summed E-state index contributed by atoms with van der Waals surface area (Å²) in [6.07, 6.45) is 0.145. The van der Waals surface area contributed by atoms with E-state index in [4.69, 9.17) is 0 Å². The van der Waals surface area contributed by atoms with Crippen LogP contribution in [0.3, 0.4) is 0 Å². The van der Waals surface area contributed by atoms with E-state index in [2.05, 4.69) is 0 Å². The van der Waals surface area contributed by atoms with E-state index in [-0.39, 0.29) is 34.8 Å². The van der Waals surface area contributed by atoms with Crippen molar-refractivity contribution in [3.05, 3.63) is 59.2 Å².